The van der Waals surface area contributed by atoms with E-state index >= 15 is 0 Å². The molecule has 0 saturated carbocycles. The molecule has 21 heavy (non-hydrogen) atoms. The van der Waals surface area contributed by atoms with E-state index in [1.807, 2.05) is 0 Å². The van der Waals surface area contributed by atoms with E-state index in [-0.39, 0.29) is 23.1 Å². The Morgan fingerprint density at radius 2 is 2.24 bits per heavy atom. The topological polar surface area (TPSA) is 110 Å². The largest absolute Gasteiger partial charge is 0.478 e. The molecule has 1 aromatic heterocycles. The van der Waals surface area contributed by atoms with Crippen molar-refractivity contribution in [2.24, 2.45) is 0 Å². The summed E-state index contributed by atoms with van der Waals surface area (Å²) in [6.07, 6.45) is 0.481. The zero-order valence-corrected chi connectivity index (χ0v) is 12.1. The Balaban J connectivity index is 1.90. The van der Waals surface area contributed by atoms with Gasteiger partial charge in [0.15, 0.2) is 15.4 Å². The van der Waals surface area contributed by atoms with Crippen molar-refractivity contribution in [3.8, 4) is 0 Å². The summed E-state index contributed by atoms with van der Waals surface area (Å²) in [5, 5.41) is 11.9. The van der Waals surface area contributed by atoms with Crippen LogP contribution >= 0.6 is 0 Å². The van der Waals surface area contributed by atoms with Crippen LogP contribution in [0.1, 0.15) is 23.7 Å². The number of carbonyl (C=O) groups is 1. The molecule has 0 bridgehead atoms. The van der Waals surface area contributed by atoms with E-state index in [2.05, 4.69) is 10.3 Å². The van der Waals surface area contributed by atoms with Gasteiger partial charge in [-0.1, -0.05) is 0 Å². The van der Waals surface area contributed by atoms with E-state index in [4.69, 9.17) is 9.52 Å². The number of fused-ring (bicyclic) bond motifs is 1. The van der Waals surface area contributed by atoms with Gasteiger partial charge in [0.2, 0.25) is 0 Å². The maximum atomic E-state index is 11.6. The average molecular weight is 310 g/mol. The molecule has 2 heterocycles. The summed E-state index contributed by atoms with van der Waals surface area (Å²) in [5.74, 6) is -0.879. The molecule has 1 atom stereocenters. The molecule has 3 rings (SSSR count). The molecule has 1 aliphatic heterocycles. The van der Waals surface area contributed by atoms with Crippen molar-refractivity contribution in [3.05, 3.63) is 23.8 Å². The molecule has 0 aliphatic carbocycles. The highest BCUT2D eigenvalue weighted by Crippen LogP contribution is 2.29. The van der Waals surface area contributed by atoms with Crippen molar-refractivity contribution >= 4 is 32.9 Å². The number of sulfone groups is 1. The Labute approximate surface area is 120 Å². The third-order valence-electron chi connectivity index (χ3n) is 3.55. The van der Waals surface area contributed by atoms with Gasteiger partial charge in [0.05, 0.1) is 22.6 Å². The summed E-state index contributed by atoms with van der Waals surface area (Å²) < 4.78 is 28.6. The number of rotatable bonds is 3. The predicted molar refractivity (Wildman–Crippen MR) is 76.3 cm³/mol. The van der Waals surface area contributed by atoms with Crippen LogP contribution in [0.25, 0.3) is 11.1 Å². The van der Waals surface area contributed by atoms with Crippen LogP contribution in [-0.2, 0) is 9.84 Å². The molecule has 1 fully saturated rings. The second-order valence-corrected chi connectivity index (χ2v) is 7.72. The van der Waals surface area contributed by atoms with Gasteiger partial charge >= 0.3 is 5.97 Å². The number of nitrogens with one attached hydrogen (secondary N) is 1. The number of carboxylic acids is 1. The van der Waals surface area contributed by atoms with Crippen molar-refractivity contribution in [2.45, 2.75) is 18.9 Å². The molecule has 2 N–H and O–H groups in total. The van der Waals surface area contributed by atoms with Gasteiger partial charge in [-0.3, -0.25) is 0 Å². The van der Waals surface area contributed by atoms with Crippen LogP contribution in [0.5, 0.6) is 0 Å². The standard InChI is InChI=1S/C13H14N2O5S/c1-13(4-5-21(18,19)7-13)15-12-14-9-3-2-8(11(16)17)6-10(9)20-12/h2-3,6H,4-5,7H2,1H3,(H,14,15)(H,16,17). The van der Waals surface area contributed by atoms with Crippen molar-refractivity contribution in [2.75, 3.05) is 16.8 Å². The maximum absolute atomic E-state index is 11.6. The Kier molecular flexibility index (Phi) is 2.94. The second kappa shape index (κ2) is 4.45. The average Bonchev–Trinajstić information content (AvgIpc) is 2.88. The van der Waals surface area contributed by atoms with Crippen molar-refractivity contribution in [3.63, 3.8) is 0 Å². The monoisotopic (exact) mass is 310 g/mol. The summed E-state index contributed by atoms with van der Waals surface area (Å²) >= 11 is 0. The molecule has 1 unspecified atom stereocenters. The summed E-state index contributed by atoms with van der Waals surface area (Å²) in [5.41, 5.74) is 0.365. The van der Waals surface area contributed by atoms with Crippen molar-refractivity contribution < 1.29 is 22.7 Å². The molecule has 8 heteroatoms. The third-order valence-corrected chi connectivity index (χ3v) is 5.45. The lowest BCUT2D eigenvalue weighted by Crippen LogP contribution is -2.35. The molecule has 1 aromatic carbocycles. The highest BCUT2D eigenvalue weighted by Gasteiger charge is 2.39. The first kappa shape index (κ1) is 13.9. The minimum absolute atomic E-state index is 0.0269. The lowest BCUT2D eigenvalue weighted by Gasteiger charge is -2.22. The van der Waals surface area contributed by atoms with E-state index < -0.39 is 21.3 Å². The zero-order valence-electron chi connectivity index (χ0n) is 11.3. The van der Waals surface area contributed by atoms with Crippen LogP contribution in [0.4, 0.5) is 6.01 Å². The minimum atomic E-state index is -3.03. The molecule has 7 nitrogen and oxygen atoms in total. The second-order valence-electron chi connectivity index (χ2n) is 5.53. The summed E-state index contributed by atoms with van der Waals surface area (Å²) in [4.78, 5) is 15.1. The van der Waals surface area contributed by atoms with Gasteiger partial charge in [0.1, 0.15) is 5.52 Å². The number of nitrogens with zero attached hydrogens (tertiary/aromatic N) is 1. The minimum Gasteiger partial charge on any atom is -0.478 e. The van der Waals surface area contributed by atoms with E-state index in [0.717, 1.165) is 0 Å². The van der Waals surface area contributed by atoms with Crippen molar-refractivity contribution in [1.29, 1.82) is 0 Å². The number of hydrogen-bond acceptors (Lipinski definition) is 6. The number of aromatic nitrogens is 1. The Morgan fingerprint density at radius 1 is 1.48 bits per heavy atom. The number of aromatic carboxylic acids is 1. The predicted octanol–water partition coefficient (Wildman–Crippen LogP) is 1.52. The van der Waals surface area contributed by atoms with E-state index in [1.165, 1.54) is 12.1 Å². The van der Waals surface area contributed by atoms with Crippen LogP contribution in [0.15, 0.2) is 22.6 Å². The van der Waals surface area contributed by atoms with Gasteiger partial charge in [-0.25, -0.2) is 13.2 Å². The molecule has 1 saturated heterocycles. The number of hydrogen-bond donors (Lipinski definition) is 2. The highest BCUT2D eigenvalue weighted by atomic mass is 32.2. The van der Waals surface area contributed by atoms with E-state index in [1.54, 1.807) is 13.0 Å². The molecule has 112 valence electrons. The Morgan fingerprint density at radius 3 is 2.86 bits per heavy atom. The molecule has 0 amide bonds. The van der Waals surface area contributed by atoms with Crippen molar-refractivity contribution in [1.82, 2.24) is 4.98 Å². The first-order valence-corrected chi connectivity index (χ1v) is 8.21. The molecule has 2 aromatic rings. The van der Waals surface area contributed by atoms with Crippen LogP contribution in [0, 0.1) is 0 Å². The van der Waals surface area contributed by atoms with E-state index in [9.17, 15) is 13.2 Å². The van der Waals surface area contributed by atoms with Crippen LogP contribution < -0.4 is 5.32 Å². The Hall–Kier alpha value is -2.09. The van der Waals surface area contributed by atoms with Gasteiger partial charge in [-0.05, 0) is 31.5 Å². The number of oxazole rings is 1. The summed E-state index contributed by atoms with van der Waals surface area (Å²) in [6.45, 7) is 1.80. The quantitative estimate of drug-likeness (QED) is 0.884. The number of benzene rings is 1. The van der Waals surface area contributed by atoms with Crippen LogP contribution in [-0.4, -0.2) is 41.5 Å². The lowest BCUT2D eigenvalue weighted by molar-refractivity contribution is 0.0697. The SMILES string of the molecule is CC1(Nc2nc3ccc(C(=O)O)cc3o2)CCS(=O)(=O)C1. The Bertz CT molecular complexity index is 826. The van der Waals surface area contributed by atoms with Crippen LogP contribution in [0.2, 0.25) is 0 Å². The molecule has 1 aliphatic rings. The van der Waals surface area contributed by atoms with Gasteiger partial charge in [-0.2, -0.15) is 4.98 Å². The van der Waals surface area contributed by atoms with Gasteiger partial charge in [-0.15, -0.1) is 0 Å². The number of anilines is 1. The number of carboxylic acid groups (broad SMARTS) is 1. The maximum Gasteiger partial charge on any atom is 0.335 e. The van der Waals surface area contributed by atoms with Gasteiger partial charge < -0.3 is 14.8 Å². The zero-order chi connectivity index (χ0) is 15.3. The lowest BCUT2D eigenvalue weighted by atomic mass is 10.0. The normalized spacial score (nSPS) is 24.2. The summed E-state index contributed by atoms with van der Waals surface area (Å²) in [7, 11) is -3.03. The summed E-state index contributed by atoms with van der Waals surface area (Å²) in [6, 6.07) is 4.59. The molecular formula is C13H14N2O5S. The van der Waals surface area contributed by atoms with Gasteiger partial charge in [0.25, 0.3) is 6.01 Å². The smallest absolute Gasteiger partial charge is 0.335 e. The van der Waals surface area contributed by atoms with Crippen LogP contribution in [0.3, 0.4) is 0 Å². The molecular weight excluding hydrogens is 296 g/mol. The first-order valence-electron chi connectivity index (χ1n) is 6.39. The highest BCUT2D eigenvalue weighted by molar-refractivity contribution is 7.91. The third kappa shape index (κ3) is 2.71. The first-order chi connectivity index (χ1) is 9.76. The molecule has 0 radical (unpaired) electrons. The van der Waals surface area contributed by atoms with E-state index in [0.29, 0.717) is 17.5 Å². The molecule has 0 spiro atoms. The fraction of sp³-hybridized carbons (Fsp3) is 0.385. The van der Waals surface area contributed by atoms with Gasteiger partial charge in [0, 0.05) is 0 Å². The fourth-order valence-electron chi connectivity index (χ4n) is 2.48. The fourth-order valence-corrected chi connectivity index (χ4v) is 4.57.